The van der Waals surface area contributed by atoms with Gasteiger partial charge in [0.25, 0.3) is 0 Å². The largest absolute Gasteiger partial charge is 0.496 e. The molecule has 0 N–H and O–H groups in total. The van der Waals surface area contributed by atoms with Gasteiger partial charge < -0.3 is 23.7 Å². The Bertz CT molecular complexity index is 929. The van der Waals surface area contributed by atoms with Crippen LogP contribution in [0.4, 0.5) is 0 Å². The zero-order chi connectivity index (χ0) is 27.4. The van der Waals surface area contributed by atoms with Crippen LogP contribution in [0, 0.1) is 17.8 Å². The summed E-state index contributed by atoms with van der Waals surface area (Å²) in [6, 6.07) is 9.13. The van der Waals surface area contributed by atoms with E-state index >= 15 is 0 Å². The number of hydrogen-bond donors (Lipinski definition) is 0. The van der Waals surface area contributed by atoms with Crippen LogP contribution in [0.15, 0.2) is 30.3 Å². The Labute approximate surface area is 225 Å². The van der Waals surface area contributed by atoms with Gasteiger partial charge in [0.05, 0.1) is 39.3 Å². The minimum atomic E-state index is -0.246. The smallest absolute Gasteiger partial charge is 0.193 e. The molecule has 1 atom stereocenters. The third-order valence-electron chi connectivity index (χ3n) is 5.80. The van der Waals surface area contributed by atoms with Gasteiger partial charge in [0.2, 0.25) is 0 Å². The lowest BCUT2D eigenvalue weighted by atomic mass is 10.1. The number of ether oxygens (including phenoxy) is 5. The van der Waals surface area contributed by atoms with Crippen LogP contribution in [0.2, 0.25) is 0 Å². The van der Waals surface area contributed by atoms with E-state index in [4.69, 9.17) is 23.7 Å². The Morgan fingerprint density at radius 1 is 0.703 bits per heavy atom. The van der Waals surface area contributed by atoms with E-state index < -0.39 is 0 Å². The third kappa shape index (κ3) is 10.1. The van der Waals surface area contributed by atoms with Crippen molar-refractivity contribution >= 4 is 19.4 Å². The van der Waals surface area contributed by atoms with E-state index in [0.717, 1.165) is 24.6 Å². The van der Waals surface area contributed by atoms with Crippen molar-refractivity contribution in [3.63, 3.8) is 0 Å². The molecule has 0 aliphatic heterocycles. The third-order valence-corrected chi connectivity index (χ3v) is 7.02. The van der Waals surface area contributed by atoms with Gasteiger partial charge in [-0.25, -0.2) is 0 Å². The SMILES string of the molecule is COc1cccc(OC)c1C(=O)Pc1c(OCCC(C)C)cc(OCCC(C)C)cc1OCCC(C)C. The summed E-state index contributed by atoms with van der Waals surface area (Å²) in [7, 11) is 2.86. The molecule has 0 radical (unpaired) electrons. The molecule has 0 fully saturated rings. The second-order valence-electron chi connectivity index (χ2n) is 10.4. The van der Waals surface area contributed by atoms with Crippen molar-refractivity contribution in [2.75, 3.05) is 34.0 Å². The van der Waals surface area contributed by atoms with Gasteiger partial charge in [0, 0.05) is 12.1 Å². The van der Waals surface area contributed by atoms with Crippen molar-refractivity contribution in [3.05, 3.63) is 35.9 Å². The molecule has 6 nitrogen and oxygen atoms in total. The van der Waals surface area contributed by atoms with Crippen molar-refractivity contribution in [2.45, 2.75) is 60.8 Å². The van der Waals surface area contributed by atoms with Gasteiger partial charge in [-0.3, -0.25) is 4.79 Å². The summed E-state index contributed by atoms with van der Waals surface area (Å²) in [6.45, 7) is 14.7. The molecule has 2 aromatic carbocycles. The van der Waals surface area contributed by atoms with Crippen molar-refractivity contribution in [3.8, 4) is 28.7 Å². The lowest BCUT2D eigenvalue weighted by molar-refractivity contribution is 0.108. The number of methoxy groups -OCH3 is 2. The maximum atomic E-state index is 13.7. The molecular formula is C30H45O6P. The summed E-state index contributed by atoms with van der Waals surface area (Å²) < 4.78 is 29.6. The predicted molar refractivity (Wildman–Crippen MR) is 153 cm³/mol. The van der Waals surface area contributed by atoms with Crippen LogP contribution < -0.4 is 29.0 Å². The van der Waals surface area contributed by atoms with Crippen LogP contribution in [0.1, 0.15) is 71.2 Å². The van der Waals surface area contributed by atoms with Gasteiger partial charge >= 0.3 is 0 Å². The van der Waals surface area contributed by atoms with Gasteiger partial charge in [-0.1, -0.05) is 47.6 Å². The molecule has 0 saturated carbocycles. The first-order valence-corrected chi connectivity index (χ1v) is 14.2. The first-order valence-electron chi connectivity index (χ1n) is 13.2. The molecule has 7 heteroatoms. The summed E-state index contributed by atoms with van der Waals surface area (Å²) in [4.78, 5) is 13.7. The van der Waals surface area contributed by atoms with Gasteiger partial charge in [-0.15, -0.1) is 0 Å². The van der Waals surface area contributed by atoms with Crippen molar-refractivity contribution < 1.29 is 28.5 Å². The minimum absolute atomic E-state index is 0.106. The highest BCUT2D eigenvalue weighted by Gasteiger charge is 2.24. The molecule has 0 bridgehead atoms. The average Bonchev–Trinajstić information content (AvgIpc) is 2.84. The Kier molecular flexibility index (Phi) is 13.1. The lowest BCUT2D eigenvalue weighted by Gasteiger charge is -2.20. The van der Waals surface area contributed by atoms with Gasteiger partial charge in [-0.2, -0.15) is 0 Å². The topological polar surface area (TPSA) is 63.2 Å². The summed E-state index contributed by atoms with van der Waals surface area (Å²) in [5.74, 6) is 4.44. The number of carbonyl (C=O) groups excluding carboxylic acids is 1. The van der Waals surface area contributed by atoms with Crippen LogP contribution in [-0.2, 0) is 0 Å². The van der Waals surface area contributed by atoms with E-state index in [1.165, 1.54) is 0 Å². The molecule has 206 valence electrons. The minimum Gasteiger partial charge on any atom is -0.496 e. The summed E-state index contributed by atoms with van der Waals surface area (Å²) >= 11 is 0. The Hall–Kier alpha value is -2.46. The van der Waals surface area contributed by atoms with Crippen LogP contribution in [0.3, 0.4) is 0 Å². The van der Waals surface area contributed by atoms with E-state index in [1.54, 1.807) is 26.4 Å². The first-order chi connectivity index (χ1) is 17.7. The molecular weight excluding hydrogens is 487 g/mol. The summed E-state index contributed by atoms with van der Waals surface area (Å²) in [6.07, 6.45) is 2.75. The highest BCUT2D eigenvalue weighted by Crippen LogP contribution is 2.39. The maximum absolute atomic E-state index is 13.7. The normalized spacial score (nSPS) is 11.5. The summed E-state index contributed by atoms with van der Waals surface area (Å²) in [5.41, 5.74) is 0.314. The number of hydrogen-bond acceptors (Lipinski definition) is 6. The molecule has 1 unspecified atom stereocenters. The van der Waals surface area contributed by atoms with Crippen molar-refractivity contribution in [2.24, 2.45) is 17.8 Å². The quantitative estimate of drug-likeness (QED) is 0.202. The van der Waals surface area contributed by atoms with Crippen LogP contribution in [-0.4, -0.2) is 39.6 Å². The fraction of sp³-hybridized carbons (Fsp3) is 0.567. The van der Waals surface area contributed by atoms with Gasteiger partial charge in [0.1, 0.15) is 34.3 Å². The molecule has 37 heavy (non-hydrogen) atoms. The summed E-state index contributed by atoms with van der Waals surface area (Å²) in [5, 5.41) is 0.738. The highest BCUT2D eigenvalue weighted by molar-refractivity contribution is 7.66. The maximum Gasteiger partial charge on any atom is 0.193 e. The van der Waals surface area contributed by atoms with Crippen LogP contribution in [0.5, 0.6) is 28.7 Å². The first kappa shape index (κ1) is 30.8. The Morgan fingerprint density at radius 3 is 1.54 bits per heavy atom. The standard InChI is InChI=1S/C30H45O6P/c1-20(2)12-15-34-23-18-26(35-16-13-21(3)4)29(27(19-23)36-17-14-22(5)6)37-30(31)28-24(32-7)10-9-11-25(28)33-8/h9-11,18-22,37H,12-17H2,1-8H3. The van der Waals surface area contributed by atoms with E-state index in [9.17, 15) is 4.79 Å². The monoisotopic (exact) mass is 532 g/mol. The molecule has 0 heterocycles. The average molecular weight is 533 g/mol. The molecule has 2 rings (SSSR count). The zero-order valence-corrected chi connectivity index (χ0v) is 24.8. The number of rotatable bonds is 17. The zero-order valence-electron chi connectivity index (χ0n) is 23.8. The number of carbonyl (C=O) groups is 1. The fourth-order valence-electron chi connectivity index (χ4n) is 3.47. The molecule has 0 spiro atoms. The predicted octanol–water partition coefficient (Wildman–Crippen LogP) is 7.12. The molecule has 0 aliphatic carbocycles. The molecule has 0 saturated heterocycles. The fourth-order valence-corrected chi connectivity index (χ4v) is 4.61. The van der Waals surface area contributed by atoms with E-state index in [0.29, 0.717) is 71.9 Å². The Balaban J connectivity index is 2.49. The van der Waals surface area contributed by atoms with Gasteiger partial charge in [-0.05, 0) is 57.7 Å². The van der Waals surface area contributed by atoms with Crippen LogP contribution in [0.25, 0.3) is 0 Å². The Morgan fingerprint density at radius 2 is 1.14 bits per heavy atom. The van der Waals surface area contributed by atoms with E-state index in [-0.39, 0.29) is 14.1 Å². The highest BCUT2D eigenvalue weighted by atomic mass is 31.1. The number of benzene rings is 2. The van der Waals surface area contributed by atoms with E-state index in [2.05, 4.69) is 41.5 Å². The lowest BCUT2D eigenvalue weighted by Crippen LogP contribution is -2.15. The van der Waals surface area contributed by atoms with Crippen molar-refractivity contribution in [1.82, 2.24) is 0 Å². The molecule has 2 aromatic rings. The molecule has 0 aromatic heterocycles. The molecule has 0 aliphatic rings. The second-order valence-corrected chi connectivity index (χ2v) is 11.6. The van der Waals surface area contributed by atoms with Gasteiger partial charge in [0.15, 0.2) is 5.52 Å². The van der Waals surface area contributed by atoms with E-state index in [1.807, 2.05) is 18.2 Å². The van der Waals surface area contributed by atoms with Crippen LogP contribution >= 0.6 is 8.58 Å². The second kappa shape index (κ2) is 15.7. The van der Waals surface area contributed by atoms with Crippen molar-refractivity contribution in [1.29, 1.82) is 0 Å². The molecule has 0 amide bonds.